The lowest BCUT2D eigenvalue weighted by Gasteiger charge is -2.20. The van der Waals surface area contributed by atoms with E-state index in [0.29, 0.717) is 11.1 Å². The summed E-state index contributed by atoms with van der Waals surface area (Å²) in [5, 5.41) is 2.37. The first-order valence-electron chi connectivity index (χ1n) is 3.90. The zero-order valence-electron chi connectivity index (χ0n) is 6.78. The van der Waals surface area contributed by atoms with Gasteiger partial charge < -0.3 is 11.1 Å². The van der Waals surface area contributed by atoms with E-state index in [1.165, 1.54) is 0 Å². The van der Waals surface area contributed by atoms with Crippen LogP contribution in [0.5, 0.6) is 0 Å². The second kappa shape index (κ2) is 2.67. The molecule has 0 aromatic heterocycles. The quantitative estimate of drug-likeness (QED) is 0.579. The molecule has 0 saturated carbocycles. The Hall–Kier alpha value is -1.68. The molecule has 1 atom stereocenters. The van der Waals surface area contributed by atoms with Crippen molar-refractivity contribution in [2.45, 2.75) is 6.17 Å². The highest BCUT2D eigenvalue weighted by atomic mass is 16.2. The van der Waals surface area contributed by atoms with Crippen molar-refractivity contribution in [3.05, 3.63) is 35.4 Å². The molecule has 2 rings (SSSR count). The molecule has 1 heterocycles. The summed E-state index contributed by atoms with van der Waals surface area (Å²) in [4.78, 5) is 22.7. The molecule has 0 radical (unpaired) electrons. The number of Topliss-reactive ketones (excluding diaryl/α,β-unsaturated/α-hetero) is 1. The minimum absolute atomic E-state index is 0.241. The van der Waals surface area contributed by atoms with Crippen molar-refractivity contribution in [1.29, 1.82) is 0 Å². The van der Waals surface area contributed by atoms with Gasteiger partial charge >= 0.3 is 0 Å². The molecule has 0 spiro atoms. The van der Waals surface area contributed by atoms with Gasteiger partial charge in [-0.25, -0.2) is 0 Å². The van der Waals surface area contributed by atoms with Crippen LogP contribution in [0.2, 0.25) is 0 Å². The molecular weight excluding hydrogens is 168 g/mol. The van der Waals surface area contributed by atoms with Gasteiger partial charge in [-0.3, -0.25) is 9.59 Å². The highest BCUT2D eigenvalue weighted by Gasteiger charge is 2.28. The summed E-state index contributed by atoms with van der Waals surface area (Å²) in [7, 11) is 0. The molecule has 1 unspecified atom stereocenters. The molecule has 13 heavy (non-hydrogen) atoms. The Labute approximate surface area is 74.7 Å². The Bertz CT molecular complexity index is 387. The van der Waals surface area contributed by atoms with E-state index in [0.717, 1.165) is 0 Å². The second-order valence-corrected chi connectivity index (χ2v) is 2.86. The lowest BCUT2D eigenvalue weighted by molar-refractivity contribution is 0.0831. The van der Waals surface area contributed by atoms with Crippen molar-refractivity contribution in [3.63, 3.8) is 0 Å². The standard InChI is InChI=1S/C9H8N2O2/c10-8-7(12)5-3-1-2-4-6(5)9(13)11-8/h1-4,8H,10H2,(H,11,13). The van der Waals surface area contributed by atoms with Crippen LogP contribution in [0, 0.1) is 0 Å². The SMILES string of the molecule is NC1NC(=O)c2ccccc2C1=O. The van der Waals surface area contributed by atoms with Gasteiger partial charge in [0, 0.05) is 5.56 Å². The van der Waals surface area contributed by atoms with E-state index >= 15 is 0 Å². The van der Waals surface area contributed by atoms with Crippen molar-refractivity contribution in [2.75, 3.05) is 0 Å². The summed E-state index contributed by atoms with van der Waals surface area (Å²) in [5.41, 5.74) is 6.20. The van der Waals surface area contributed by atoms with Crippen LogP contribution in [0.25, 0.3) is 0 Å². The molecule has 3 N–H and O–H groups in total. The molecule has 1 aliphatic rings. The number of benzene rings is 1. The normalized spacial score (nSPS) is 20.8. The van der Waals surface area contributed by atoms with Crippen LogP contribution in [-0.4, -0.2) is 17.9 Å². The van der Waals surface area contributed by atoms with E-state index in [1.54, 1.807) is 24.3 Å². The van der Waals surface area contributed by atoms with Crippen LogP contribution in [0.15, 0.2) is 24.3 Å². The first-order valence-corrected chi connectivity index (χ1v) is 3.90. The number of nitrogens with two attached hydrogens (primary N) is 1. The van der Waals surface area contributed by atoms with Gasteiger partial charge in [-0.2, -0.15) is 0 Å². The van der Waals surface area contributed by atoms with Crippen LogP contribution in [0.4, 0.5) is 0 Å². The van der Waals surface area contributed by atoms with E-state index in [2.05, 4.69) is 5.32 Å². The first kappa shape index (κ1) is 7.94. The van der Waals surface area contributed by atoms with Crippen molar-refractivity contribution in [2.24, 2.45) is 5.73 Å². The lowest BCUT2D eigenvalue weighted by atomic mass is 9.98. The molecule has 0 fully saturated rings. The fourth-order valence-corrected chi connectivity index (χ4v) is 1.35. The van der Waals surface area contributed by atoms with Gasteiger partial charge in [0.25, 0.3) is 5.91 Å². The summed E-state index contributed by atoms with van der Waals surface area (Å²) in [5.74, 6) is -0.530. The first-order chi connectivity index (χ1) is 6.20. The Kier molecular flexibility index (Phi) is 1.63. The van der Waals surface area contributed by atoms with E-state index < -0.39 is 6.17 Å². The molecule has 4 heteroatoms. The molecule has 1 aromatic rings. The topological polar surface area (TPSA) is 72.2 Å². The molecule has 0 saturated heterocycles. The zero-order chi connectivity index (χ0) is 9.42. The maximum absolute atomic E-state index is 11.4. The molecule has 0 aliphatic carbocycles. The Morgan fingerprint density at radius 3 is 2.46 bits per heavy atom. The zero-order valence-corrected chi connectivity index (χ0v) is 6.78. The Morgan fingerprint density at radius 1 is 1.15 bits per heavy atom. The maximum Gasteiger partial charge on any atom is 0.253 e. The number of ketones is 1. The van der Waals surface area contributed by atoms with Crippen LogP contribution in [0.1, 0.15) is 20.7 Å². The Balaban J connectivity index is 2.60. The fraction of sp³-hybridized carbons (Fsp3) is 0.111. The third-order valence-electron chi connectivity index (χ3n) is 2.01. The van der Waals surface area contributed by atoms with Crippen LogP contribution in [-0.2, 0) is 0 Å². The predicted octanol–water partition coefficient (Wildman–Crippen LogP) is -0.103. The van der Waals surface area contributed by atoms with E-state index in [4.69, 9.17) is 5.73 Å². The number of amides is 1. The van der Waals surface area contributed by atoms with Gasteiger partial charge in [0.05, 0.1) is 5.56 Å². The van der Waals surface area contributed by atoms with Gasteiger partial charge in [-0.1, -0.05) is 18.2 Å². The minimum atomic E-state index is -0.901. The summed E-state index contributed by atoms with van der Waals surface area (Å²) in [6.45, 7) is 0. The molecule has 4 nitrogen and oxygen atoms in total. The summed E-state index contributed by atoms with van der Waals surface area (Å²) < 4.78 is 0. The summed E-state index contributed by atoms with van der Waals surface area (Å²) in [6.07, 6.45) is -0.901. The van der Waals surface area contributed by atoms with Gasteiger partial charge in [-0.15, -0.1) is 0 Å². The molecule has 1 aliphatic heterocycles. The van der Waals surface area contributed by atoms with Crippen LogP contribution >= 0.6 is 0 Å². The Morgan fingerprint density at radius 2 is 1.77 bits per heavy atom. The summed E-state index contributed by atoms with van der Waals surface area (Å²) in [6, 6.07) is 6.63. The van der Waals surface area contributed by atoms with Crippen molar-refractivity contribution in [1.82, 2.24) is 5.32 Å². The van der Waals surface area contributed by atoms with E-state index in [1.807, 2.05) is 0 Å². The van der Waals surface area contributed by atoms with Crippen LogP contribution < -0.4 is 11.1 Å². The second-order valence-electron chi connectivity index (χ2n) is 2.86. The minimum Gasteiger partial charge on any atom is -0.330 e. The average molecular weight is 176 g/mol. The largest absolute Gasteiger partial charge is 0.330 e. The molecular formula is C9H8N2O2. The smallest absolute Gasteiger partial charge is 0.253 e. The highest BCUT2D eigenvalue weighted by Crippen LogP contribution is 2.14. The van der Waals surface area contributed by atoms with Crippen molar-refractivity contribution in [3.8, 4) is 0 Å². The molecule has 0 bridgehead atoms. The number of carbonyl (C=O) groups excluding carboxylic acids is 2. The number of hydrogen-bond donors (Lipinski definition) is 2. The van der Waals surface area contributed by atoms with Gasteiger partial charge in [0.2, 0.25) is 0 Å². The third kappa shape index (κ3) is 1.11. The molecule has 66 valence electrons. The number of nitrogens with one attached hydrogen (secondary N) is 1. The predicted molar refractivity (Wildman–Crippen MR) is 46.2 cm³/mol. The monoisotopic (exact) mass is 176 g/mol. The maximum atomic E-state index is 11.4. The fourth-order valence-electron chi connectivity index (χ4n) is 1.35. The summed E-state index contributed by atoms with van der Waals surface area (Å²) >= 11 is 0. The van der Waals surface area contributed by atoms with E-state index in [-0.39, 0.29) is 11.7 Å². The van der Waals surface area contributed by atoms with Gasteiger partial charge in [0.15, 0.2) is 5.78 Å². The van der Waals surface area contributed by atoms with Gasteiger partial charge in [-0.05, 0) is 6.07 Å². The number of carbonyl (C=O) groups is 2. The van der Waals surface area contributed by atoms with Crippen molar-refractivity contribution < 1.29 is 9.59 Å². The number of fused-ring (bicyclic) bond motifs is 1. The third-order valence-corrected chi connectivity index (χ3v) is 2.01. The molecule has 1 aromatic carbocycles. The molecule has 1 amide bonds. The van der Waals surface area contributed by atoms with Gasteiger partial charge in [0.1, 0.15) is 6.17 Å². The van der Waals surface area contributed by atoms with Crippen LogP contribution in [0.3, 0.4) is 0 Å². The highest BCUT2D eigenvalue weighted by molar-refractivity contribution is 6.14. The van der Waals surface area contributed by atoms with Crippen molar-refractivity contribution >= 4 is 11.7 Å². The van der Waals surface area contributed by atoms with E-state index in [9.17, 15) is 9.59 Å². The average Bonchev–Trinajstić information content (AvgIpc) is 2.15. The lowest BCUT2D eigenvalue weighted by Crippen LogP contribution is -2.51. The number of hydrogen-bond acceptors (Lipinski definition) is 3. The number of rotatable bonds is 0.